The minimum absolute atomic E-state index is 0.0513. The molecule has 0 fully saturated rings. The first kappa shape index (κ1) is 23.1. The maximum absolute atomic E-state index is 12.9. The monoisotopic (exact) mass is 482 g/mol. The van der Waals surface area contributed by atoms with E-state index in [0.29, 0.717) is 24.5 Å². The van der Waals surface area contributed by atoms with Crippen LogP contribution in [-0.2, 0) is 21.3 Å². The predicted octanol–water partition coefficient (Wildman–Crippen LogP) is 4.68. The van der Waals surface area contributed by atoms with E-state index in [1.54, 1.807) is 42.5 Å². The fourth-order valence-electron chi connectivity index (χ4n) is 2.80. The summed E-state index contributed by atoms with van der Waals surface area (Å²) in [6.07, 6.45) is 1.54. The van der Waals surface area contributed by atoms with E-state index in [2.05, 4.69) is 4.72 Å². The molecule has 1 amide bonds. The van der Waals surface area contributed by atoms with Gasteiger partial charge in [-0.15, -0.1) is 0 Å². The largest absolute Gasteiger partial charge is 0.467 e. The number of furan rings is 1. The van der Waals surface area contributed by atoms with E-state index in [0.717, 1.165) is 0 Å². The van der Waals surface area contributed by atoms with Crippen LogP contribution in [0.5, 0.6) is 0 Å². The number of carbonyl (C=O) groups is 1. The minimum atomic E-state index is -3.95. The van der Waals surface area contributed by atoms with Gasteiger partial charge in [0.15, 0.2) is 0 Å². The van der Waals surface area contributed by atoms with Crippen LogP contribution in [0, 0.1) is 0 Å². The van der Waals surface area contributed by atoms with Gasteiger partial charge >= 0.3 is 0 Å². The Balaban J connectivity index is 1.76. The molecule has 3 aromatic rings. The molecule has 0 saturated carbocycles. The molecule has 0 spiro atoms. The van der Waals surface area contributed by atoms with E-state index in [-0.39, 0.29) is 33.1 Å². The lowest BCUT2D eigenvalue weighted by molar-refractivity contribution is 0.0666. The number of halogens is 2. The number of nitrogens with zero attached hydrogens (tertiary/aromatic N) is 1. The average molecular weight is 483 g/mol. The van der Waals surface area contributed by atoms with Gasteiger partial charge in [-0.05, 0) is 54.6 Å². The van der Waals surface area contributed by atoms with Crippen molar-refractivity contribution in [2.45, 2.75) is 11.4 Å². The molecule has 2 aromatic carbocycles. The van der Waals surface area contributed by atoms with Crippen molar-refractivity contribution in [3.8, 4) is 0 Å². The molecule has 164 valence electrons. The molecule has 0 aliphatic rings. The van der Waals surface area contributed by atoms with Gasteiger partial charge < -0.3 is 14.1 Å². The van der Waals surface area contributed by atoms with Crippen LogP contribution in [0.3, 0.4) is 0 Å². The molecule has 0 bridgehead atoms. The Labute approximate surface area is 190 Å². The number of rotatable bonds is 9. The second kappa shape index (κ2) is 10.2. The SMILES string of the molecule is COCCN(Cc1ccco1)C(=O)c1ccc(NS(=O)(=O)c2cc(Cl)ccc2Cl)cc1. The van der Waals surface area contributed by atoms with E-state index in [9.17, 15) is 13.2 Å². The van der Waals surface area contributed by atoms with E-state index >= 15 is 0 Å². The minimum Gasteiger partial charge on any atom is -0.467 e. The number of ether oxygens (including phenoxy) is 1. The highest BCUT2D eigenvalue weighted by molar-refractivity contribution is 7.92. The first-order chi connectivity index (χ1) is 14.8. The Morgan fingerprint density at radius 2 is 1.87 bits per heavy atom. The molecular formula is C21H20Cl2N2O5S. The van der Waals surface area contributed by atoms with Crippen molar-refractivity contribution in [3.05, 3.63) is 82.2 Å². The molecular weight excluding hydrogens is 463 g/mol. The molecule has 10 heteroatoms. The summed E-state index contributed by atoms with van der Waals surface area (Å²) >= 11 is 11.9. The highest BCUT2D eigenvalue weighted by Crippen LogP contribution is 2.27. The smallest absolute Gasteiger partial charge is 0.263 e. The molecule has 0 atom stereocenters. The molecule has 31 heavy (non-hydrogen) atoms. The quantitative estimate of drug-likeness (QED) is 0.478. The summed E-state index contributed by atoms with van der Waals surface area (Å²) in [6, 6.07) is 13.8. The van der Waals surface area contributed by atoms with Gasteiger partial charge in [-0.2, -0.15) is 0 Å². The lowest BCUT2D eigenvalue weighted by atomic mass is 10.2. The number of nitrogens with one attached hydrogen (secondary N) is 1. The van der Waals surface area contributed by atoms with Gasteiger partial charge in [0.1, 0.15) is 10.7 Å². The van der Waals surface area contributed by atoms with E-state index in [1.165, 1.54) is 30.3 Å². The van der Waals surface area contributed by atoms with Crippen molar-refractivity contribution < 1.29 is 22.4 Å². The summed E-state index contributed by atoms with van der Waals surface area (Å²) in [5, 5.41) is 0.300. The summed E-state index contributed by atoms with van der Waals surface area (Å²) in [6.45, 7) is 1.03. The van der Waals surface area contributed by atoms with Crippen LogP contribution in [0.25, 0.3) is 0 Å². The highest BCUT2D eigenvalue weighted by Gasteiger charge is 2.20. The third kappa shape index (κ3) is 6.01. The number of hydrogen-bond acceptors (Lipinski definition) is 5. The zero-order chi connectivity index (χ0) is 22.4. The Bertz CT molecular complexity index is 1130. The molecule has 1 heterocycles. The van der Waals surface area contributed by atoms with Crippen LogP contribution >= 0.6 is 23.2 Å². The fraction of sp³-hybridized carbons (Fsp3) is 0.190. The lowest BCUT2D eigenvalue weighted by Crippen LogP contribution is -2.33. The van der Waals surface area contributed by atoms with E-state index in [1.807, 2.05) is 0 Å². The van der Waals surface area contributed by atoms with Crippen LogP contribution < -0.4 is 4.72 Å². The van der Waals surface area contributed by atoms with Crippen molar-refractivity contribution in [1.82, 2.24) is 4.90 Å². The highest BCUT2D eigenvalue weighted by atomic mass is 35.5. The van der Waals surface area contributed by atoms with Gasteiger partial charge in [0.2, 0.25) is 0 Å². The molecule has 7 nitrogen and oxygen atoms in total. The molecule has 1 aromatic heterocycles. The Morgan fingerprint density at radius 1 is 1.13 bits per heavy atom. The molecule has 0 unspecified atom stereocenters. The van der Waals surface area contributed by atoms with Crippen molar-refractivity contribution in [2.24, 2.45) is 0 Å². The molecule has 0 aliphatic heterocycles. The summed E-state index contributed by atoms with van der Waals surface area (Å²) < 4.78 is 38.1. The maximum Gasteiger partial charge on any atom is 0.263 e. The molecule has 3 rings (SSSR count). The lowest BCUT2D eigenvalue weighted by Gasteiger charge is -2.21. The Hall–Kier alpha value is -2.52. The number of methoxy groups -OCH3 is 1. The fourth-order valence-corrected chi connectivity index (χ4v) is 4.62. The van der Waals surface area contributed by atoms with Crippen molar-refractivity contribution >= 4 is 44.8 Å². The number of sulfonamides is 1. The van der Waals surface area contributed by atoms with Crippen molar-refractivity contribution in [1.29, 1.82) is 0 Å². The number of amides is 1. The number of hydrogen-bond donors (Lipinski definition) is 1. The second-order valence-electron chi connectivity index (χ2n) is 6.56. The Morgan fingerprint density at radius 3 is 2.52 bits per heavy atom. The molecule has 0 radical (unpaired) electrons. The molecule has 0 aliphatic carbocycles. The third-order valence-corrected chi connectivity index (χ3v) is 6.44. The topological polar surface area (TPSA) is 88.8 Å². The van der Waals surface area contributed by atoms with Gasteiger partial charge in [0, 0.05) is 29.9 Å². The summed E-state index contributed by atoms with van der Waals surface area (Å²) in [7, 11) is -2.39. The van der Waals surface area contributed by atoms with Crippen LogP contribution in [-0.4, -0.2) is 39.5 Å². The van der Waals surface area contributed by atoms with Gasteiger partial charge in [-0.1, -0.05) is 23.2 Å². The summed E-state index contributed by atoms with van der Waals surface area (Å²) in [5.74, 6) is 0.410. The summed E-state index contributed by atoms with van der Waals surface area (Å²) in [4.78, 5) is 14.4. The average Bonchev–Trinajstić information content (AvgIpc) is 3.26. The second-order valence-corrected chi connectivity index (χ2v) is 9.05. The standard InChI is InChI=1S/C21H20Cl2N2O5S/c1-29-12-10-25(14-18-3-2-11-30-18)21(26)15-4-7-17(8-5-15)24-31(27,28)20-13-16(22)6-9-19(20)23/h2-9,11,13,24H,10,12,14H2,1H3. The van der Waals surface area contributed by atoms with E-state index < -0.39 is 10.0 Å². The number of benzene rings is 2. The Kier molecular flexibility index (Phi) is 7.61. The van der Waals surface area contributed by atoms with Gasteiger partial charge in [0.25, 0.3) is 15.9 Å². The third-order valence-electron chi connectivity index (χ3n) is 4.35. The number of anilines is 1. The first-order valence-electron chi connectivity index (χ1n) is 9.18. The normalized spacial score (nSPS) is 11.3. The first-order valence-corrected chi connectivity index (χ1v) is 11.4. The van der Waals surface area contributed by atoms with Crippen LogP contribution in [0.2, 0.25) is 10.0 Å². The van der Waals surface area contributed by atoms with E-state index in [4.69, 9.17) is 32.4 Å². The molecule has 1 N–H and O–H groups in total. The van der Waals surface area contributed by atoms with Gasteiger partial charge in [0.05, 0.1) is 24.4 Å². The predicted molar refractivity (Wildman–Crippen MR) is 119 cm³/mol. The van der Waals surface area contributed by atoms with Crippen LogP contribution in [0.15, 0.2) is 70.2 Å². The van der Waals surface area contributed by atoms with Crippen molar-refractivity contribution in [2.75, 3.05) is 25.0 Å². The van der Waals surface area contributed by atoms with Crippen LogP contribution in [0.1, 0.15) is 16.1 Å². The number of carbonyl (C=O) groups excluding carboxylic acids is 1. The zero-order valence-corrected chi connectivity index (χ0v) is 18.9. The van der Waals surface area contributed by atoms with Gasteiger partial charge in [-0.25, -0.2) is 8.42 Å². The van der Waals surface area contributed by atoms with Gasteiger partial charge in [-0.3, -0.25) is 9.52 Å². The summed E-state index contributed by atoms with van der Waals surface area (Å²) in [5.41, 5.74) is 0.675. The van der Waals surface area contributed by atoms with Crippen molar-refractivity contribution in [3.63, 3.8) is 0 Å². The van der Waals surface area contributed by atoms with Crippen LogP contribution in [0.4, 0.5) is 5.69 Å². The molecule has 0 saturated heterocycles. The maximum atomic E-state index is 12.9. The zero-order valence-electron chi connectivity index (χ0n) is 16.5.